The number of amides is 2. The number of aryl methyl sites for hydroxylation is 1. The number of imidazole rings is 1. The average Bonchev–Trinajstić information content (AvgIpc) is 4.00. The number of piperidine rings is 1. The lowest BCUT2D eigenvalue weighted by Crippen LogP contribution is -2.58. The van der Waals surface area contributed by atoms with Crippen LogP contribution in [-0.2, 0) is 10.2 Å². The number of rotatable bonds is 7. The maximum absolute atomic E-state index is 14.7. The Morgan fingerprint density at radius 2 is 1.74 bits per heavy atom. The summed E-state index contributed by atoms with van der Waals surface area (Å²) < 4.78 is 31.0. The normalized spacial score (nSPS) is 27.2. The van der Waals surface area contributed by atoms with Gasteiger partial charge >= 0.3 is 0 Å². The molecule has 4 saturated carbocycles. The number of hydrogen-bond acceptors (Lipinski definition) is 6. The van der Waals surface area contributed by atoms with Crippen molar-refractivity contribution in [2.24, 2.45) is 5.41 Å². The predicted molar refractivity (Wildman–Crippen MR) is 201 cm³/mol. The van der Waals surface area contributed by atoms with Crippen LogP contribution < -0.4 is 15.5 Å². The molecule has 2 aromatic carbocycles. The number of likely N-dealkylation sites (tertiary alicyclic amines) is 1. The van der Waals surface area contributed by atoms with Gasteiger partial charge in [-0.3, -0.25) is 14.5 Å². The molecule has 2 aromatic heterocycles. The number of carbonyl (C=O) groups excluding carboxylic acids is 2. The molecule has 1 saturated heterocycles. The van der Waals surface area contributed by atoms with Crippen molar-refractivity contribution in [1.82, 2.24) is 24.8 Å². The first-order valence-corrected chi connectivity index (χ1v) is 19.7. The molecular weight excluding hydrogens is 673 g/mol. The van der Waals surface area contributed by atoms with Gasteiger partial charge in [0.25, 0.3) is 11.8 Å². The van der Waals surface area contributed by atoms with Crippen molar-refractivity contribution in [3.8, 4) is 11.3 Å². The third-order valence-electron chi connectivity index (χ3n) is 13.7. The Balaban J connectivity index is 1.00. The number of alkyl halides is 2. The Morgan fingerprint density at radius 1 is 0.943 bits per heavy atom. The van der Waals surface area contributed by atoms with Crippen molar-refractivity contribution in [1.29, 1.82) is 0 Å². The Kier molecular flexibility index (Phi) is 7.40. The van der Waals surface area contributed by atoms with Crippen LogP contribution in [0.1, 0.15) is 105 Å². The van der Waals surface area contributed by atoms with Crippen LogP contribution in [-0.4, -0.2) is 69.4 Å². The maximum atomic E-state index is 14.7. The van der Waals surface area contributed by atoms with Gasteiger partial charge in [-0.15, -0.1) is 0 Å². The molecule has 10 rings (SSSR count). The van der Waals surface area contributed by atoms with E-state index in [-0.39, 0.29) is 30.3 Å². The number of fused-ring (bicyclic) bond motifs is 3. The van der Waals surface area contributed by atoms with E-state index in [2.05, 4.69) is 43.2 Å². The molecule has 0 radical (unpaired) electrons. The zero-order valence-electron chi connectivity index (χ0n) is 30.6. The SMILES string of the molecule is CNC(=O)c1cc(Nc2nc(-c3ccc4c(c3)N(C3CC(N5CCCC6(C5)CC6(F)F)C3)C(=O)C43CCCCC3)cc3ncn(C4CC4)c23)ccc1C. The third-order valence-corrected chi connectivity index (χ3v) is 13.7. The lowest BCUT2D eigenvalue weighted by Gasteiger charge is -2.49. The minimum absolute atomic E-state index is 0.0237. The second-order valence-corrected chi connectivity index (χ2v) is 16.9. The lowest BCUT2D eigenvalue weighted by molar-refractivity contribution is -0.125. The van der Waals surface area contributed by atoms with Crippen LogP contribution >= 0.6 is 0 Å². The first-order chi connectivity index (χ1) is 25.6. The number of aromatic nitrogens is 3. The second-order valence-electron chi connectivity index (χ2n) is 16.9. The van der Waals surface area contributed by atoms with Gasteiger partial charge in [0, 0.05) is 60.6 Å². The monoisotopic (exact) mass is 719 g/mol. The molecule has 4 heterocycles. The fourth-order valence-corrected chi connectivity index (χ4v) is 10.3. The Morgan fingerprint density at radius 3 is 2.47 bits per heavy atom. The van der Waals surface area contributed by atoms with Crippen molar-refractivity contribution in [2.75, 3.05) is 30.4 Å². The highest BCUT2D eigenvalue weighted by atomic mass is 19.3. The van der Waals surface area contributed by atoms with E-state index in [1.165, 1.54) is 0 Å². The molecule has 2 spiro atoms. The molecule has 4 aliphatic carbocycles. The minimum atomic E-state index is -2.53. The van der Waals surface area contributed by atoms with Gasteiger partial charge in [-0.25, -0.2) is 18.7 Å². The third kappa shape index (κ3) is 5.16. The summed E-state index contributed by atoms with van der Waals surface area (Å²) in [4.78, 5) is 41.8. The van der Waals surface area contributed by atoms with E-state index >= 15 is 0 Å². The quantitative estimate of drug-likeness (QED) is 0.201. The number of pyridine rings is 1. The van der Waals surface area contributed by atoms with Crippen molar-refractivity contribution < 1.29 is 18.4 Å². The first kappa shape index (κ1) is 33.2. The van der Waals surface area contributed by atoms with Crippen LogP contribution in [0.15, 0.2) is 48.8 Å². The van der Waals surface area contributed by atoms with Crippen LogP contribution in [0, 0.1) is 12.3 Å². The molecular formula is C42H47F2N7O2. The highest BCUT2D eigenvalue weighted by Crippen LogP contribution is 2.65. The lowest BCUT2D eigenvalue weighted by atomic mass is 9.70. The fourth-order valence-electron chi connectivity index (χ4n) is 10.3. The van der Waals surface area contributed by atoms with Gasteiger partial charge in [0.1, 0.15) is 5.52 Å². The molecule has 53 heavy (non-hydrogen) atoms. The number of anilines is 3. The number of carbonyl (C=O) groups is 2. The number of hydrogen-bond donors (Lipinski definition) is 2. The Hall–Kier alpha value is -4.38. The molecule has 0 bridgehead atoms. The largest absolute Gasteiger partial charge is 0.355 e. The smallest absolute Gasteiger partial charge is 0.255 e. The Labute approximate surface area is 308 Å². The summed E-state index contributed by atoms with van der Waals surface area (Å²) in [6, 6.07) is 14.9. The number of nitrogens with one attached hydrogen (secondary N) is 2. The number of benzene rings is 2. The van der Waals surface area contributed by atoms with Gasteiger partial charge < -0.3 is 20.1 Å². The van der Waals surface area contributed by atoms with Crippen LogP contribution in [0.2, 0.25) is 0 Å². The molecule has 2 aliphatic heterocycles. The molecule has 2 N–H and O–H groups in total. The summed E-state index contributed by atoms with van der Waals surface area (Å²) in [5, 5.41) is 6.29. The van der Waals surface area contributed by atoms with Gasteiger partial charge in [0.15, 0.2) is 5.82 Å². The van der Waals surface area contributed by atoms with E-state index in [4.69, 9.17) is 9.97 Å². The maximum Gasteiger partial charge on any atom is 0.255 e. The summed E-state index contributed by atoms with van der Waals surface area (Å²) in [6.45, 7) is 3.27. The van der Waals surface area contributed by atoms with E-state index in [9.17, 15) is 18.4 Å². The minimum Gasteiger partial charge on any atom is -0.355 e. The van der Waals surface area contributed by atoms with Crippen LogP contribution in [0.25, 0.3) is 22.3 Å². The molecule has 1 unspecified atom stereocenters. The van der Waals surface area contributed by atoms with Crippen molar-refractivity contribution >= 4 is 40.0 Å². The zero-order chi connectivity index (χ0) is 36.3. The highest BCUT2D eigenvalue weighted by Gasteiger charge is 2.71. The van der Waals surface area contributed by atoms with Crippen LogP contribution in [0.4, 0.5) is 26.0 Å². The molecule has 4 aromatic rings. The molecule has 11 heteroatoms. The molecule has 9 nitrogen and oxygen atoms in total. The molecule has 1 atom stereocenters. The summed E-state index contributed by atoms with van der Waals surface area (Å²) in [5.41, 5.74) is 6.48. The number of nitrogens with zero attached hydrogens (tertiary/aromatic N) is 5. The van der Waals surface area contributed by atoms with E-state index in [0.717, 1.165) is 116 Å². The molecule has 6 aliphatic rings. The average molecular weight is 720 g/mol. The van der Waals surface area contributed by atoms with E-state index in [1.807, 2.05) is 37.5 Å². The Bertz CT molecular complexity index is 2170. The standard InChI is InChI=1S/C42H47F2N7O2/c1-25-7-9-27(18-31(25)38(52)45-2)47-37-36-34(46-24-50(36)28-10-11-28)21-33(48-37)26-8-12-32-35(17-26)51(39(53)41(32)14-4-3-5-15-41)30-19-29(20-30)49-16-6-13-40(23-49)22-42(40,43)44/h7-9,12,17-18,21,24,28-30H,3-6,10-11,13-16,19-20,22-23H2,1-2H3,(H,45,52)(H,47,48). The van der Waals surface area contributed by atoms with Gasteiger partial charge in [-0.2, -0.15) is 0 Å². The highest BCUT2D eigenvalue weighted by molar-refractivity contribution is 6.09. The van der Waals surface area contributed by atoms with Gasteiger partial charge in [-0.1, -0.05) is 37.5 Å². The number of halogens is 2. The molecule has 276 valence electrons. The topological polar surface area (TPSA) is 95.4 Å². The predicted octanol–water partition coefficient (Wildman–Crippen LogP) is 8.05. The van der Waals surface area contributed by atoms with Gasteiger partial charge in [0.05, 0.1) is 28.4 Å². The van der Waals surface area contributed by atoms with E-state index < -0.39 is 16.8 Å². The summed E-state index contributed by atoms with van der Waals surface area (Å²) in [5.74, 6) is -1.78. The van der Waals surface area contributed by atoms with Crippen molar-refractivity contribution in [3.05, 3.63) is 65.5 Å². The summed E-state index contributed by atoms with van der Waals surface area (Å²) >= 11 is 0. The van der Waals surface area contributed by atoms with E-state index in [0.29, 0.717) is 30.4 Å². The summed E-state index contributed by atoms with van der Waals surface area (Å²) in [7, 11) is 1.64. The first-order valence-electron chi connectivity index (χ1n) is 19.7. The van der Waals surface area contributed by atoms with Crippen molar-refractivity contribution in [3.63, 3.8) is 0 Å². The second kappa shape index (κ2) is 11.8. The molecule has 2 amide bonds. The van der Waals surface area contributed by atoms with Gasteiger partial charge in [-0.05, 0) is 100 Å². The fraction of sp³-hybridized carbons (Fsp3) is 0.524. The van der Waals surface area contributed by atoms with Gasteiger partial charge in [0.2, 0.25) is 5.91 Å². The van der Waals surface area contributed by atoms with Crippen molar-refractivity contribution in [2.45, 2.75) is 113 Å². The molecule has 5 fully saturated rings. The summed E-state index contributed by atoms with van der Waals surface area (Å²) in [6.07, 6.45) is 12.1. The van der Waals surface area contributed by atoms with E-state index in [1.54, 1.807) is 7.05 Å². The van der Waals surface area contributed by atoms with Crippen LogP contribution in [0.3, 0.4) is 0 Å². The zero-order valence-corrected chi connectivity index (χ0v) is 30.6. The van der Waals surface area contributed by atoms with Crippen LogP contribution in [0.5, 0.6) is 0 Å².